The standard InChI is InChI=1S/C13H16N4O2S.ClH/c1-3-20(18,19)11-6-4-5-10(7-11)17-13-8-12(14-2)15-9-16-13;/h4-9H,3H2,1-2H3,(H2,14,15,16,17);1H. The first-order chi connectivity index (χ1) is 9.55. The second kappa shape index (κ2) is 7.24. The molecule has 8 heteroatoms. The van der Waals surface area contributed by atoms with E-state index in [9.17, 15) is 8.42 Å². The molecular weight excluding hydrogens is 312 g/mol. The van der Waals surface area contributed by atoms with E-state index in [2.05, 4.69) is 20.6 Å². The molecule has 0 saturated carbocycles. The Kier molecular flexibility index (Phi) is 5.92. The summed E-state index contributed by atoms with van der Waals surface area (Å²) in [6.07, 6.45) is 1.43. The van der Waals surface area contributed by atoms with E-state index < -0.39 is 9.84 Å². The van der Waals surface area contributed by atoms with Gasteiger partial charge in [0.05, 0.1) is 10.6 Å². The summed E-state index contributed by atoms with van der Waals surface area (Å²) in [5.41, 5.74) is 0.667. The Balaban J connectivity index is 0.00000220. The van der Waals surface area contributed by atoms with Crippen LogP contribution in [0.4, 0.5) is 17.3 Å². The Morgan fingerprint density at radius 2 is 1.86 bits per heavy atom. The molecule has 0 aliphatic heterocycles. The normalized spacial score (nSPS) is 10.6. The van der Waals surface area contributed by atoms with Crippen LogP contribution in [0.15, 0.2) is 41.6 Å². The van der Waals surface area contributed by atoms with Crippen LogP contribution in [-0.4, -0.2) is 31.2 Å². The molecule has 0 aliphatic carbocycles. The van der Waals surface area contributed by atoms with Crippen molar-refractivity contribution >= 4 is 39.6 Å². The first-order valence-corrected chi connectivity index (χ1v) is 7.80. The predicted molar refractivity (Wildman–Crippen MR) is 86.3 cm³/mol. The van der Waals surface area contributed by atoms with E-state index in [0.717, 1.165) is 0 Å². The van der Waals surface area contributed by atoms with Crippen LogP contribution in [0.1, 0.15) is 6.92 Å². The van der Waals surface area contributed by atoms with E-state index in [1.807, 2.05) is 0 Å². The number of rotatable bonds is 5. The smallest absolute Gasteiger partial charge is 0.178 e. The first-order valence-electron chi connectivity index (χ1n) is 6.15. The van der Waals surface area contributed by atoms with Crippen LogP contribution in [0.2, 0.25) is 0 Å². The van der Waals surface area contributed by atoms with Crippen molar-refractivity contribution in [2.75, 3.05) is 23.4 Å². The maximum Gasteiger partial charge on any atom is 0.178 e. The van der Waals surface area contributed by atoms with Gasteiger partial charge in [0.15, 0.2) is 9.84 Å². The highest BCUT2D eigenvalue weighted by Gasteiger charge is 2.11. The molecule has 0 amide bonds. The molecule has 0 fully saturated rings. The molecule has 1 aromatic carbocycles. The molecule has 1 aromatic heterocycles. The highest BCUT2D eigenvalue weighted by molar-refractivity contribution is 7.91. The van der Waals surface area contributed by atoms with E-state index in [0.29, 0.717) is 22.2 Å². The van der Waals surface area contributed by atoms with Gasteiger partial charge in [-0.1, -0.05) is 13.0 Å². The van der Waals surface area contributed by atoms with Gasteiger partial charge in [0, 0.05) is 18.8 Å². The fourth-order valence-electron chi connectivity index (χ4n) is 1.64. The van der Waals surface area contributed by atoms with Crippen LogP contribution in [0, 0.1) is 0 Å². The van der Waals surface area contributed by atoms with Crippen LogP contribution in [-0.2, 0) is 9.84 Å². The lowest BCUT2D eigenvalue weighted by Crippen LogP contribution is -2.04. The lowest BCUT2D eigenvalue weighted by molar-refractivity contribution is 0.597. The SMILES string of the molecule is CCS(=O)(=O)c1cccc(Nc2cc(NC)ncn2)c1.Cl. The van der Waals surface area contributed by atoms with Gasteiger partial charge in [-0.15, -0.1) is 12.4 Å². The molecule has 0 saturated heterocycles. The van der Waals surface area contributed by atoms with Crippen molar-refractivity contribution < 1.29 is 8.42 Å². The highest BCUT2D eigenvalue weighted by atomic mass is 35.5. The average Bonchev–Trinajstić information content (AvgIpc) is 2.48. The molecule has 0 radical (unpaired) electrons. The lowest BCUT2D eigenvalue weighted by atomic mass is 10.3. The van der Waals surface area contributed by atoms with Crippen LogP contribution < -0.4 is 10.6 Å². The van der Waals surface area contributed by atoms with Gasteiger partial charge in [-0.2, -0.15) is 0 Å². The van der Waals surface area contributed by atoms with E-state index >= 15 is 0 Å². The average molecular weight is 329 g/mol. The summed E-state index contributed by atoms with van der Waals surface area (Å²) in [6.45, 7) is 1.62. The van der Waals surface area contributed by atoms with Crippen LogP contribution in [0.3, 0.4) is 0 Å². The molecule has 0 atom stereocenters. The summed E-state index contributed by atoms with van der Waals surface area (Å²) in [5.74, 6) is 1.35. The van der Waals surface area contributed by atoms with E-state index in [-0.39, 0.29) is 18.2 Å². The van der Waals surface area contributed by atoms with Gasteiger partial charge < -0.3 is 10.6 Å². The highest BCUT2D eigenvalue weighted by Crippen LogP contribution is 2.20. The number of hydrogen-bond donors (Lipinski definition) is 2. The summed E-state index contributed by atoms with van der Waals surface area (Å²) in [5, 5.41) is 5.97. The molecular formula is C13H17ClN4O2S. The Bertz CT molecular complexity index is 707. The van der Waals surface area contributed by atoms with Crippen molar-refractivity contribution in [2.45, 2.75) is 11.8 Å². The van der Waals surface area contributed by atoms with Gasteiger partial charge in [0.25, 0.3) is 0 Å². The lowest BCUT2D eigenvalue weighted by Gasteiger charge is -2.08. The second-order valence-electron chi connectivity index (χ2n) is 4.09. The predicted octanol–water partition coefficient (Wildman–Crippen LogP) is 2.48. The molecule has 0 spiro atoms. The van der Waals surface area contributed by atoms with Gasteiger partial charge in [-0.25, -0.2) is 18.4 Å². The van der Waals surface area contributed by atoms with Crippen molar-refractivity contribution in [3.8, 4) is 0 Å². The summed E-state index contributed by atoms with van der Waals surface area (Å²) < 4.78 is 23.7. The largest absolute Gasteiger partial charge is 0.373 e. The van der Waals surface area contributed by atoms with E-state index in [1.165, 1.54) is 6.33 Å². The Morgan fingerprint density at radius 1 is 1.14 bits per heavy atom. The van der Waals surface area contributed by atoms with Crippen LogP contribution in [0.5, 0.6) is 0 Å². The van der Waals surface area contributed by atoms with Gasteiger partial charge in [-0.05, 0) is 18.2 Å². The minimum Gasteiger partial charge on any atom is -0.373 e. The zero-order valence-electron chi connectivity index (χ0n) is 11.7. The molecule has 1 heterocycles. The molecule has 114 valence electrons. The Morgan fingerprint density at radius 3 is 2.52 bits per heavy atom. The maximum atomic E-state index is 11.8. The van der Waals surface area contributed by atoms with Gasteiger partial charge in [0.1, 0.15) is 18.0 Å². The molecule has 6 nitrogen and oxygen atoms in total. The van der Waals surface area contributed by atoms with E-state index in [1.54, 1.807) is 44.3 Å². The quantitative estimate of drug-likeness (QED) is 0.877. The third-order valence-corrected chi connectivity index (χ3v) is 4.50. The van der Waals surface area contributed by atoms with Crippen molar-refractivity contribution in [3.63, 3.8) is 0 Å². The van der Waals surface area contributed by atoms with Gasteiger partial charge >= 0.3 is 0 Å². The van der Waals surface area contributed by atoms with Crippen LogP contribution in [0.25, 0.3) is 0 Å². The molecule has 2 N–H and O–H groups in total. The van der Waals surface area contributed by atoms with Gasteiger partial charge in [0.2, 0.25) is 0 Å². The van der Waals surface area contributed by atoms with Crippen molar-refractivity contribution in [2.24, 2.45) is 0 Å². The third kappa shape index (κ3) is 4.30. The molecule has 0 unspecified atom stereocenters. The summed E-state index contributed by atoms with van der Waals surface area (Å²) in [6, 6.07) is 8.41. The fraction of sp³-hybridized carbons (Fsp3) is 0.231. The van der Waals surface area contributed by atoms with Crippen LogP contribution >= 0.6 is 12.4 Å². The van der Waals surface area contributed by atoms with Crippen molar-refractivity contribution in [1.82, 2.24) is 9.97 Å². The fourth-order valence-corrected chi connectivity index (χ4v) is 2.57. The first kappa shape index (κ1) is 17.2. The number of sulfone groups is 1. The van der Waals surface area contributed by atoms with Crippen molar-refractivity contribution in [1.29, 1.82) is 0 Å². The summed E-state index contributed by atoms with van der Waals surface area (Å²) in [7, 11) is -1.45. The minimum absolute atomic E-state index is 0. The monoisotopic (exact) mass is 328 g/mol. The zero-order valence-corrected chi connectivity index (χ0v) is 13.3. The molecule has 21 heavy (non-hydrogen) atoms. The number of benzene rings is 1. The Labute approximate surface area is 130 Å². The number of halogens is 1. The van der Waals surface area contributed by atoms with Crippen molar-refractivity contribution in [3.05, 3.63) is 36.7 Å². The molecule has 2 rings (SSSR count). The topological polar surface area (TPSA) is 84.0 Å². The molecule has 2 aromatic rings. The van der Waals surface area contributed by atoms with E-state index in [4.69, 9.17) is 0 Å². The number of aromatic nitrogens is 2. The number of nitrogens with one attached hydrogen (secondary N) is 2. The number of hydrogen-bond acceptors (Lipinski definition) is 6. The number of anilines is 3. The minimum atomic E-state index is -3.21. The maximum absolute atomic E-state index is 11.8. The molecule has 0 aliphatic rings. The zero-order chi connectivity index (χ0) is 14.6. The number of nitrogens with zero attached hydrogens (tertiary/aromatic N) is 2. The molecule has 0 bridgehead atoms. The summed E-state index contributed by atoms with van der Waals surface area (Å²) >= 11 is 0. The van der Waals surface area contributed by atoms with Gasteiger partial charge in [-0.3, -0.25) is 0 Å². The summed E-state index contributed by atoms with van der Waals surface area (Å²) in [4.78, 5) is 8.39. The third-order valence-electron chi connectivity index (χ3n) is 2.77. The Hall–Kier alpha value is -1.86. The second-order valence-corrected chi connectivity index (χ2v) is 6.37.